The summed E-state index contributed by atoms with van der Waals surface area (Å²) >= 11 is 1.07. The number of nitrogens with two attached hydrogens (primary N) is 1. The Morgan fingerprint density at radius 2 is 1.94 bits per heavy atom. The number of nitrogen functional groups attached to an aromatic ring is 1. The number of amides is 2. The molecule has 1 fully saturated rings. The van der Waals surface area contributed by atoms with Crippen LogP contribution in [0.4, 0.5) is 10.5 Å². The van der Waals surface area contributed by atoms with Crippen LogP contribution in [0.25, 0.3) is 0 Å². The zero-order valence-corrected chi connectivity index (χ0v) is 9.50. The van der Waals surface area contributed by atoms with E-state index >= 15 is 0 Å². The van der Waals surface area contributed by atoms with Crippen LogP contribution < -0.4 is 5.73 Å². The molecule has 1 aromatic carbocycles. The van der Waals surface area contributed by atoms with E-state index in [1.54, 1.807) is 0 Å². The van der Waals surface area contributed by atoms with Gasteiger partial charge in [-0.3, -0.25) is 14.5 Å². The van der Waals surface area contributed by atoms with Gasteiger partial charge in [-0.05, 0) is 24.1 Å². The number of benzene rings is 1. The van der Waals surface area contributed by atoms with E-state index in [4.69, 9.17) is 5.73 Å². The van der Waals surface area contributed by atoms with Crippen molar-refractivity contribution in [1.29, 1.82) is 0 Å². The maximum Gasteiger partial charge on any atom is 0.288 e. The smallest absolute Gasteiger partial charge is 0.288 e. The molecular formula is C11H12N2O2S. The second kappa shape index (κ2) is 4.57. The van der Waals surface area contributed by atoms with Crippen molar-refractivity contribution in [3.05, 3.63) is 29.8 Å². The van der Waals surface area contributed by atoms with Crippen LogP contribution in [0.3, 0.4) is 0 Å². The van der Waals surface area contributed by atoms with Crippen molar-refractivity contribution in [3.63, 3.8) is 0 Å². The zero-order valence-electron chi connectivity index (χ0n) is 8.68. The van der Waals surface area contributed by atoms with Crippen molar-refractivity contribution in [2.45, 2.75) is 6.42 Å². The van der Waals surface area contributed by atoms with Gasteiger partial charge in [-0.2, -0.15) is 0 Å². The van der Waals surface area contributed by atoms with Crippen LogP contribution in [0.15, 0.2) is 24.3 Å². The first-order valence-electron chi connectivity index (χ1n) is 4.98. The van der Waals surface area contributed by atoms with Gasteiger partial charge < -0.3 is 5.73 Å². The number of rotatable bonds is 3. The lowest BCUT2D eigenvalue weighted by molar-refractivity contribution is -0.124. The zero-order chi connectivity index (χ0) is 11.5. The molecule has 1 aliphatic heterocycles. The molecule has 84 valence electrons. The van der Waals surface area contributed by atoms with E-state index in [1.165, 1.54) is 4.90 Å². The predicted molar refractivity (Wildman–Crippen MR) is 64.1 cm³/mol. The molecule has 2 N–H and O–H groups in total. The molecule has 0 aliphatic carbocycles. The van der Waals surface area contributed by atoms with E-state index < -0.39 is 0 Å². The maximum absolute atomic E-state index is 11.3. The molecule has 0 bridgehead atoms. The minimum absolute atomic E-state index is 0.0922. The van der Waals surface area contributed by atoms with Gasteiger partial charge in [0.25, 0.3) is 5.24 Å². The van der Waals surface area contributed by atoms with E-state index in [1.807, 2.05) is 24.3 Å². The molecule has 0 aromatic heterocycles. The second-order valence-corrected chi connectivity index (χ2v) is 4.52. The molecule has 1 aromatic rings. The largest absolute Gasteiger partial charge is 0.399 e. The average molecular weight is 236 g/mol. The predicted octanol–water partition coefficient (Wildman–Crippen LogP) is 1.51. The number of nitrogens with zero attached hydrogens (tertiary/aromatic N) is 1. The topological polar surface area (TPSA) is 63.4 Å². The van der Waals surface area contributed by atoms with Gasteiger partial charge in [0.05, 0.1) is 5.75 Å². The Labute approximate surface area is 97.8 Å². The first kappa shape index (κ1) is 11.0. The van der Waals surface area contributed by atoms with Crippen molar-refractivity contribution in [2.24, 2.45) is 0 Å². The maximum atomic E-state index is 11.3. The molecule has 16 heavy (non-hydrogen) atoms. The highest BCUT2D eigenvalue weighted by Crippen LogP contribution is 2.19. The molecule has 0 atom stereocenters. The van der Waals surface area contributed by atoms with Crippen molar-refractivity contribution in [1.82, 2.24) is 4.90 Å². The van der Waals surface area contributed by atoms with Gasteiger partial charge in [0.2, 0.25) is 5.91 Å². The fourth-order valence-corrected chi connectivity index (χ4v) is 2.27. The normalized spacial score (nSPS) is 15.9. The molecule has 5 heteroatoms. The second-order valence-electron chi connectivity index (χ2n) is 3.59. The summed E-state index contributed by atoms with van der Waals surface area (Å²) in [7, 11) is 0. The molecule has 0 saturated carbocycles. The number of thioether (sulfide) groups is 1. The van der Waals surface area contributed by atoms with Crippen molar-refractivity contribution < 1.29 is 9.59 Å². The molecule has 4 nitrogen and oxygen atoms in total. The van der Waals surface area contributed by atoms with Crippen LogP contribution in [-0.4, -0.2) is 28.3 Å². The van der Waals surface area contributed by atoms with Crippen molar-refractivity contribution in [3.8, 4) is 0 Å². The third kappa shape index (κ3) is 2.36. The van der Waals surface area contributed by atoms with Gasteiger partial charge in [0.15, 0.2) is 0 Å². The summed E-state index contributed by atoms with van der Waals surface area (Å²) in [4.78, 5) is 23.9. The van der Waals surface area contributed by atoms with Crippen LogP contribution >= 0.6 is 11.8 Å². The van der Waals surface area contributed by atoms with Gasteiger partial charge in [-0.25, -0.2) is 0 Å². The third-order valence-corrected chi connectivity index (χ3v) is 3.30. The summed E-state index contributed by atoms with van der Waals surface area (Å²) in [6, 6.07) is 7.45. The number of hydrogen-bond donors (Lipinski definition) is 1. The van der Waals surface area contributed by atoms with Crippen molar-refractivity contribution in [2.75, 3.05) is 18.0 Å². The molecule has 1 saturated heterocycles. The Morgan fingerprint density at radius 1 is 1.25 bits per heavy atom. The summed E-state index contributed by atoms with van der Waals surface area (Å²) in [6.45, 7) is 0.453. The lowest BCUT2D eigenvalue weighted by Crippen LogP contribution is -2.30. The Kier molecular flexibility index (Phi) is 3.14. The Hall–Kier alpha value is -1.49. The third-order valence-electron chi connectivity index (χ3n) is 2.44. The van der Waals surface area contributed by atoms with Crippen LogP contribution in [-0.2, 0) is 11.2 Å². The van der Waals surface area contributed by atoms with Gasteiger partial charge >= 0.3 is 0 Å². The summed E-state index contributed by atoms with van der Waals surface area (Å²) in [5.74, 6) is 0.186. The Morgan fingerprint density at radius 3 is 2.50 bits per heavy atom. The molecule has 2 amide bonds. The number of hydrogen-bond acceptors (Lipinski definition) is 4. The first-order chi connectivity index (χ1) is 7.66. The Balaban J connectivity index is 1.94. The van der Waals surface area contributed by atoms with Gasteiger partial charge in [0, 0.05) is 12.2 Å². The highest BCUT2D eigenvalue weighted by atomic mass is 32.2. The summed E-state index contributed by atoms with van der Waals surface area (Å²) < 4.78 is 0. The molecule has 0 unspecified atom stereocenters. The lowest BCUT2D eigenvalue weighted by Gasteiger charge is -2.12. The van der Waals surface area contributed by atoms with Crippen molar-refractivity contribution >= 4 is 28.6 Å². The molecule has 1 heterocycles. The highest BCUT2D eigenvalue weighted by Gasteiger charge is 2.29. The van der Waals surface area contributed by atoms with Crippen LogP contribution in [0.2, 0.25) is 0 Å². The minimum Gasteiger partial charge on any atom is -0.399 e. The summed E-state index contributed by atoms with van der Waals surface area (Å²) in [5.41, 5.74) is 7.36. The molecular weight excluding hydrogens is 224 g/mol. The van der Waals surface area contributed by atoms with Gasteiger partial charge in [-0.1, -0.05) is 23.9 Å². The molecule has 0 radical (unpaired) electrons. The number of carbonyl (C=O) groups excluding carboxylic acids is 2. The fourth-order valence-electron chi connectivity index (χ4n) is 1.52. The monoisotopic (exact) mass is 236 g/mol. The van der Waals surface area contributed by atoms with E-state index in [-0.39, 0.29) is 16.9 Å². The molecule has 0 spiro atoms. The van der Waals surface area contributed by atoms with Gasteiger partial charge in [0.1, 0.15) is 0 Å². The van der Waals surface area contributed by atoms with Crippen LogP contribution in [0, 0.1) is 0 Å². The quantitative estimate of drug-likeness (QED) is 0.808. The van der Waals surface area contributed by atoms with Gasteiger partial charge in [-0.15, -0.1) is 0 Å². The number of carbonyl (C=O) groups is 2. The summed E-state index contributed by atoms with van der Waals surface area (Å²) in [5, 5.41) is -0.138. The van der Waals surface area contributed by atoms with Crippen LogP contribution in [0.5, 0.6) is 0 Å². The van der Waals surface area contributed by atoms with E-state index in [2.05, 4.69) is 0 Å². The van der Waals surface area contributed by atoms with E-state index in [0.29, 0.717) is 18.7 Å². The fraction of sp³-hybridized carbons (Fsp3) is 0.273. The molecule has 1 aliphatic rings. The SMILES string of the molecule is Nc1ccc(CCN2C(=O)CSC2=O)cc1. The van der Waals surface area contributed by atoms with Crippen LogP contribution in [0.1, 0.15) is 5.56 Å². The summed E-state index contributed by atoms with van der Waals surface area (Å²) in [6.07, 6.45) is 0.679. The van der Waals surface area contributed by atoms with E-state index in [9.17, 15) is 9.59 Å². The highest BCUT2D eigenvalue weighted by molar-refractivity contribution is 8.14. The standard InChI is InChI=1S/C11H12N2O2S/c12-9-3-1-8(2-4-9)5-6-13-10(14)7-16-11(13)15/h1-4H,5-7,12H2. The first-order valence-corrected chi connectivity index (χ1v) is 5.97. The van der Waals surface area contributed by atoms with E-state index in [0.717, 1.165) is 17.3 Å². The lowest BCUT2D eigenvalue weighted by atomic mass is 10.1. The number of anilines is 1. The Bertz CT molecular complexity index is 400. The molecule has 2 rings (SSSR count). The average Bonchev–Trinajstić information content (AvgIpc) is 2.59. The minimum atomic E-state index is -0.138. The number of imide groups is 1.